The highest BCUT2D eigenvalue weighted by molar-refractivity contribution is 5.80. The molecule has 0 saturated heterocycles. The van der Waals surface area contributed by atoms with E-state index in [4.69, 9.17) is 0 Å². The van der Waals surface area contributed by atoms with Crippen molar-refractivity contribution in [3.05, 3.63) is 23.4 Å². The van der Waals surface area contributed by atoms with Gasteiger partial charge in [-0.05, 0) is 31.8 Å². The first-order valence-electron chi connectivity index (χ1n) is 6.67. The molecule has 0 aliphatic carbocycles. The van der Waals surface area contributed by atoms with E-state index in [-0.39, 0.29) is 0 Å². The minimum absolute atomic E-state index is 0.360. The number of hydrogen-bond acceptors (Lipinski definition) is 2. The maximum atomic E-state index is 11.9. The van der Waals surface area contributed by atoms with Crippen LogP contribution in [0, 0.1) is 5.92 Å². The van der Waals surface area contributed by atoms with Gasteiger partial charge in [0.25, 0.3) is 0 Å². The lowest BCUT2D eigenvalue weighted by Gasteiger charge is -2.25. The smallest absolute Gasteiger partial charge is 0.152 e. The lowest BCUT2D eigenvalue weighted by molar-refractivity contribution is -0.120. The lowest BCUT2D eigenvalue weighted by atomic mass is 10.1. The van der Waals surface area contributed by atoms with Crippen LogP contribution in [0.3, 0.4) is 0 Å². The Hall–Kier alpha value is -1.05. The summed E-state index contributed by atoms with van der Waals surface area (Å²) in [4.78, 5) is 14.1. The third-order valence-electron chi connectivity index (χ3n) is 3.03. The fourth-order valence-corrected chi connectivity index (χ4v) is 2.24. The van der Waals surface area contributed by atoms with E-state index in [1.54, 1.807) is 0 Å². The Bertz CT molecular complexity index is 326. The SMILES string of the molecule is CCC1=CC(C)=CCCN1CC(=O)CC(C)C. The van der Waals surface area contributed by atoms with Crippen molar-refractivity contribution in [3.63, 3.8) is 0 Å². The quantitative estimate of drug-likeness (QED) is 0.726. The molecule has 2 heteroatoms. The van der Waals surface area contributed by atoms with Crippen LogP contribution in [0.2, 0.25) is 0 Å². The van der Waals surface area contributed by atoms with E-state index in [9.17, 15) is 4.79 Å². The summed E-state index contributed by atoms with van der Waals surface area (Å²) in [6, 6.07) is 0. The third-order valence-corrected chi connectivity index (χ3v) is 3.03. The summed E-state index contributed by atoms with van der Waals surface area (Å²) in [6.45, 7) is 10.0. The van der Waals surface area contributed by atoms with Gasteiger partial charge in [0.1, 0.15) is 0 Å². The van der Waals surface area contributed by atoms with Gasteiger partial charge in [0, 0.05) is 18.7 Å². The second-order valence-corrected chi connectivity index (χ2v) is 5.28. The van der Waals surface area contributed by atoms with E-state index in [1.165, 1.54) is 11.3 Å². The molecule has 0 saturated carbocycles. The first kappa shape index (κ1) is 14.0. The van der Waals surface area contributed by atoms with Gasteiger partial charge in [0.15, 0.2) is 5.78 Å². The van der Waals surface area contributed by atoms with Crippen LogP contribution in [0.25, 0.3) is 0 Å². The maximum absolute atomic E-state index is 11.9. The minimum atomic E-state index is 0.360. The average Bonchev–Trinajstić information content (AvgIpc) is 2.39. The Labute approximate surface area is 105 Å². The van der Waals surface area contributed by atoms with Crippen molar-refractivity contribution in [2.45, 2.75) is 47.0 Å². The second kappa shape index (κ2) is 6.63. The summed E-state index contributed by atoms with van der Waals surface area (Å²) in [5.74, 6) is 0.822. The molecule has 96 valence electrons. The van der Waals surface area contributed by atoms with E-state index >= 15 is 0 Å². The first-order valence-corrected chi connectivity index (χ1v) is 6.67. The molecule has 0 fully saturated rings. The molecule has 0 bridgehead atoms. The zero-order valence-electron chi connectivity index (χ0n) is 11.6. The minimum Gasteiger partial charge on any atom is -0.367 e. The van der Waals surface area contributed by atoms with Crippen molar-refractivity contribution in [3.8, 4) is 0 Å². The number of ketones is 1. The summed E-state index contributed by atoms with van der Waals surface area (Å²) in [5, 5.41) is 0. The van der Waals surface area contributed by atoms with Gasteiger partial charge in [-0.25, -0.2) is 0 Å². The number of nitrogens with zero attached hydrogens (tertiary/aromatic N) is 1. The number of carbonyl (C=O) groups is 1. The molecule has 1 heterocycles. The number of allylic oxidation sites excluding steroid dienone is 3. The molecule has 0 N–H and O–H groups in total. The highest BCUT2D eigenvalue weighted by Crippen LogP contribution is 2.17. The van der Waals surface area contributed by atoms with Crippen LogP contribution >= 0.6 is 0 Å². The molecule has 0 atom stereocenters. The Kier molecular flexibility index (Phi) is 5.46. The van der Waals surface area contributed by atoms with E-state index in [0.717, 1.165) is 19.4 Å². The van der Waals surface area contributed by atoms with E-state index in [2.05, 4.69) is 44.7 Å². The molecule has 0 amide bonds. The standard InChI is InChI=1S/C15H25NO/c1-5-14-10-13(4)7-6-8-16(14)11-15(17)9-12(2)3/h7,10,12H,5-6,8-9,11H2,1-4H3. The summed E-state index contributed by atoms with van der Waals surface area (Å²) >= 11 is 0. The van der Waals surface area contributed by atoms with Gasteiger partial charge >= 0.3 is 0 Å². The van der Waals surface area contributed by atoms with Gasteiger partial charge in [0.2, 0.25) is 0 Å². The van der Waals surface area contributed by atoms with Crippen molar-refractivity contribution >= 4 is 5.78 Å². The largest absolute Gasteiger partial charge is 0.367 e. The van der Waals surface area contributed by atoms with Crippen LogP contribution in [-0.2, 0) is 4.79 Å². The molecule has 0 aromatic carbocycles. The molecule has 0 aromatic heterocycles. The van der Waals surface area contributed by atoms with Crippen molar-refractivity contribution in [1.82, 2.24) is 4.90 Å². The topological polar surface area (TPSA) is 20.3 Å². The van der Waals surface area contributed by atoms with Crippen LogP contribution in [-0.4, -0.2) is 23.8 Å². The summed E-state index contributed by atoms with van der Waals surface area (Å²) in [5.41, 5.74) is 2.62. The van der Waals surface area contributed by atoms with E-state index in [1.807, 2.05) is 0 Å². The monoisotopic (exact) mass is 235 g/mol. The fraction of sp³-hybridized carbons (Fsp3) is 0.667. The van der Waals surface area contributed by atoms with E-state index < -0.39 is 0 Å². The highest BCUT2D eigenvalue weighted by atomic mass is 16.1. The van der Waals surface area contributed by atoms with Gasteiger partial charge < -0.3 is 4.90 Å². The first-order chi connectivity index (χ1) is 8.02. The second-order valence-electron chi connectivity index (χ2n) is 5.28. The van der Waals surface area contributed by atoms with Crippen LogP contribution in [0.5, 0.6) is 0 Å². The summed E-state index contributed by atoms with van der Waals surface area (Å²) in [6.07, 6.45) is 7.21. The predicted molar refractivity (Wildman–Crippen MR) is 72.8 cm³/mol. The summed E-state index contributed by atoms with van der Waals surface area (Å²) < 4.78 is 0. The van der Waals surface area contributed by atoms with Crippen molar-refractivity contribution in [1.29, 1.82) is 0 Å². The average molecular weight is 235 g/mol. The lowest BCUT2D eigenvalue weighted by Crippen LogP contribution is -2.30. The molecule has 1 aliphatic heterocycles. The van der Waals surface area contributed by atoms with Gasteiger partial charge in [0.05, 0.1) is 6.54 Å². The number of Topliss-reactive ketones (excluding diaryl/α,β-unsaturated/α-hetero) is 1. The molecule has 1 aliphatic rings. The molecule has 0 unspecified atom stereocenters. The Balaban J connectivity index is 2.64. The Morgan fingerprint density at radius 3 is 2.76 bits per heavy atom. The molecular weight excluding hydrogens is 210 g/mol. The molecular formula is C15H25NO. The Morgan fingerprint density at radius 1 is 1.47 bits per heavy atom. The third kappa shape index (κ3) is 4.76. The number of rotatable bonds is 5. The normalized spacial score (nSPS) is 16.6. The van der Waals surface area contributed by atoms with Crippen LogP contribution in [0.1, 0.15) is 47.0 Å². The van der Waals surface area contributed by atoms with Gasteiger partial charge in [-0.15, -0.1) is 0 Å². The van der Waals surface area contributed by atoms with Gasteiger partial charge in [-0.3, -0.25) is 4.79 Å². The number of hydrogen-bond donors (Lipinski definition) is 0. The number of carbonyl (C=O) groups excluding carboxylic acids is 1. The Morgan fingerprint density at radius 2 is 2.18 bits per heavy atom. The van der Waals surface area contributed by atoms with Crippen molar-refractivity contribution < 1.29 is 4.79 Å². The zero-order chi connectivity index (χ0) is 12.8. The fourth-order valence-electron chi connectivity index (χ4n) is 2.24. The van der Waals surface area contributed by atoms with Crippen LogP contribution in [0.15, 0.2) is 23.4 Å². The predicted octanol–water partition coefficient (Wildman–Crippen LogP) is 3.55. The summed E-state index contributed by atoms with van der Waals surface area (Å²) in [7, 11) is 0. The van der Waals surface area contributed by atoms with Crippen LogP contribution in [0.4, 0.5) is 0 Å². The molecule has 2 nitrogen and oxygen atoms in total. The zero-order valence-corrected chi connectivity index (χ0v) is 11.6. The molecule has 0 aromatic rings. The molecule has 17 heavy (non-hydrogen) atoms. The molecule has 1 rings (SSSR count). The van der Waals surface area contributed by atoms with Gasteiger partial charge in [-0.1, -0.05) is 32.4 Å². The maximum Gasteiger partial charge on any atom is 0.152 e. The van der Waals surface area contributed by atoms with Crippen molar-refractivity contribution in [2.75, 3.05) is 13.1 Å². The van der Waals surface area contributed by atoms with E-state index in [0.29, 0.717) is 24.7 Å². The molecule has 0 spiro atoms. The highest BCUT2D eigenvalue weighted by Gasteiger charge is 2.15. The van der Waals surface area contributed by atoms with Crippen LogP contribution < -0.4 is 0 Å². The molecule has 0 radical (unpaired) electrons. The van der Waals surface area contributed by atoms with Crippen molar-refractivity contribution in [2.24, 2.45) is 5.92 Å². The van der Waals surface area contributed by atoms with Gasteiger partial charge in [-0.2, -0.15) is 0 Å².